The molecule has 5 rings (SSSR count). The third-order valence-corrected chi connectivity index (χ3v) is 8.01. The molecule has 0 bridgehead atoms. The Morgan fingerprint density at radius 3 is 2.87 bits per heavy atom. The van der Waals surface area contributed by atoms with E-state index in [4.69, 9.17) is 14.2 Å². The van der Waals surface area contributed by atoms with Gasteiger partial charge >= 0.3 is 0 Å². The lowest BCUT2D eigenvalue weighted by molar-refractivity contribution is -0.0852. The molecule has 31 heavy (non-hydrogen) atoms. The second-order valence-electron chi connectivity index (χ2n) is 10.3. The van der Waals surface area contributed by atoms with Crippen LogP contribution in [-0.4, -0.2) is 68.7 Å². The van der Waals surface area contributed by atoms with Crippen molar-refractivity contribution in [3.05, 3.63) is 11.6 Å². The van der Waals surface area contributed by atoms with Crippen molar-refractivity contribution in [3.8, 4) is 0 Å². The summed E-state index contributed by atoms with van der Waals surface area (Å²) in [5.41, 5.74) is 5.38. The third-order valence-electron chi connectivity index (χ3n) is 8.01. The van der Waals surface area contributed by atoms with Crippen molar-refractivity contribution in [1.29, 1.82) is 0 Å². The quantitative estimate of drug-likeness (QED) is 0.555. The van der Waals surface area contributed by atoms with Gasteiger partial charge in [-0.25, -0.2) is 5.01 Å². The highest BCUT2D eigenvalue weighted by molar-refractivity contribution is 5.15. The number of hydrogen-bond acceptors (Lipinski definition) is 7. The molecule has 3 saturated heterocycles. The maximum atomic E-state index is 6.27. The Hall–Kier alpha value is -0.540. The number of nitrogens with one attached hydrogen (secondary N) is 3. The van der Waals surface area contributed by atoms with Crippen molar-refractivity contribution in [1.82, 2.24) is 21.1 Å². The molecule has 4 heterocycles. The normalized spacial score (nSPS) is 42.6. The van der Waals surface area contributed by atoms with Gasteiger partial charge in [-0.3, -0.25) is 16.1 Å². The van der Waals surface area contributed by atoms with Crippen molar-refractivity contribution >= 4 is 0 Å². The van der Waals surface area contributed by atoms with Crippen molar-refractivity contribution in [2.75, 3.05) is 33.0 Å². The maximum Gasteiger partial charge on any atom is 0.165 e. The minimum atomic E-state index is -0.146. The molecule has 4 aliphatic heterocycles. The highest BCUT2D eigenvalue weighted by Gasteiger charge is 2.39. The summed E-state index contributed by atoms with van der Waals surface area (Å²) in [5, 5.41) is 9.92. The molecule has 0 aromatic carbocycles. The van der Waals surface area contributed by atoms with E-state index in [1.54, 1.807) is 0 Å². The van der Waals surface area contributed by atoms with Crippen LogP contribution in [-0.2, 0) is 14.2 Å². The number of hydrogen-bond donors (Lipinski definition) is 3. The number of rotatable bonds is 6. The predicted molar refractivity (Wildman–Crippen MR) is 120 cm³/mol. The Balaban J connectivity index is 1.21. The van der Waals surface area contributed by atoms with Gasteiger partial charge < -0.3 is 14.2 Å². The van der Waals surface area contributed by atoms with Gasteiger partial charge in [-0.2, -0.15) is 0 Å². The van der Waals surface area contributed by atoms with Crippen molar-refractivity contribution in [2.24, 2.45) is 11.8 Å². The molecule has 7 heteroatoms. The van der Waals surface area contributed by atoms with Gasteiger partial charge in [0.25, 0.3) is 0 Å². The molecule has 176 valence electrons. The lowest BCUT2D eigenvalue weighted by Gasteiger charge is -2.43. The van der Waals surface area contributed by atoms with Crippen LogP contribution >= 0.6 is 0 Å². The molecule has 0 amide bonds. The summed E-state index contributed by atoms with van der Waals surface area (Å²) in [6.07, 6.45) is 13.8. The summed E-state index contributed by atoms with van der Waals surface area (Å²) in [5.74, 6) is 1.71. The average molecular weight is 435 g/mol. The zero-order chi connectivity index (χ0) is 21.0. The molecule has 7 unspecified atom stereocenters. The van der Waals surface area contributed by atoms with Crippen molar-refractivity contribution in [3.63, 3.8) is 0 Å². The van der Waals surface area contributed by atoms with Crippen LogP contribution in [0, 0.1) is 11.8 Å². The SMILES string of the molecule is CC1CCCC(C2CCN(C3CC(C4=CCOCC4)NC(OCC4CCCO4)N3)N2)C1. The minimum absolute atomic E-state index is 0.146. The Morgan fingerprint density at radius 1 is 1.10 bits per heavy atom. The average Bonchev–Trinajstić information content (AvgIpc) is 3.51. The minimum Gasteiger partial charge on any atom is -0.377 e. The van der Waals surface area contributed by atoms with Gasteiger partial charge in [-0.1, -0.05) is 31.4 Å². The molecule has 7 atom stereocenters. The van der Waals surface area contributed by atoms with E-state index in [0.29, 0.717) is 18.7 Å². The van der Waals surface area contributed by atoms with Gasteiger partial charge in [0.15, 0.2) is 6.35 Å². The Bertz CT molecular complexity index is 612. The number of nitrogens with zero attached hydrogens (tertiary/aromatic N) is 1. The highest BCUT2D eigenvalue weighted by atomic mass is 16.6. The molecule has 1 saturated carbocycles. The van der Waals surface area contributed by atoms with E-state index in [2.05, 4.69) is 34.1 Å². The summed E-state index contributed by atoms with van der Waals surface area (Å²) in [4.78, 5) is 0. The van der Waals surface area contributed by atoms with Gasteiger partial charge in [0, 0.05) is 25.2 Å². The van der Waals surface area contributed by atoms with E-state index >= 15 is 0 Å². The molecule has 0 radical (unpaired) electrons. The first-order valence-corrected chi connectivity index (χ1v) is 12.8. The van der Waals surface area contributed by atoms with Crippen molar-refractivity contribution in [2.45, 2.75) is 95.4 Å². The zero-order valence-electron chi connectivity index (χ0n) is 19.2. The van der Waals surface area contributed by atoms with Crippen molar-refractivity contribution < 1.29 is 14.2 Å². The summed E-state index contributed by atoms with van der Waals surface area (Å²) >= 11 is 0. The van der Waals surface area contributed by atoms with Gasteiger partial charge in [0.2, 0.25) is 0 Å². The molecular weight excluding hydrogens is 392 g/mol. The molecular formula is C24H42N4O3. The van der Waals surface area contributed by atoms with Crippen LogP contribution in [0.4, 0.5) is 0 Å². The molecule has 7 nitrogen and oxygen atoms in total. The molecule has 0 aromatic rings. The van der Waals surface area contributed by atoms with Crippen LogP contribution in [0.1, 0.15) is 64.7 Å². The Labute approximate surface area is 187 Å². The largest absolute Gasteiger partial charge is 0.377 e. The fourth-order valence-corrected chi connectivity index (χ4v) is 6.23. The van der Waals surface area contributed by atoms with E-state index in [0.717, 1.165) is 63.9 Å². The summed E-state index contributed by atoms with van der Waals surface area (Å²) in [7, 11) is 0. The standard InChI is InChI=1S/C24H42N4O3/c1-17-4-2-5-19(14-17)21-7-10-28(27-21)23-15-22(18-8-12-29-13-9-18)25-24(26-23)31-16-20-6-3-11-30-20/h8,17,19-27H,2-7,9-16H2,1H3. The second kappa shape index (κ2) is 10.6. The van der Waals surface area contributed by atoms with E-state index in [1.807, 2.05) is 0 Å². The van der Waals surface area contributed by atoms with E-state index < -0.39 is 0 Å². The smallest absolute Gasteiger partial charge is 0.165 e. The van der Waals surface area contributed by atoms with E-state index in [-0.39, 0.29) is 18.6 Å². The van der Waals surface area contributed by atoms with Gasteiger partial charge in [-0.05, 0) is 56.8 Å². The number of ether oxygens (including phenoxy) is 3. The molecule has 5 aliphatic rings. The first-order chi connectivity index (χ1) is 15.2. The lowest BCUT2D eigenvalue weighted by Crippen LogP contribution is -2.66. The lowest BCUT2D eigenvalue weighted by atomic mass is 9.78. The van der Waals surface area contributed by atoms with Crippen LogP contribution in [0.2, 0.25) is 0 Å². The Kier molecular flexibility index (Phi) is 7.61. The van der Waals surface area contributed by atoms with Crippen LogP contribution in [0.15, 0.2) is 11.6 Å². The molecule has 1 aliphatic carbocycles. The highest BCUT2D eigenvalue weighted by Crippen LogP contribution is 2.34. The first kappa shape index (κ1) is 22.3. The van der Waals surface area contributed by atoms with Crippen LogP contribution in [0.25, 0.3) is 0 Å². The second-order valence-corrected chi connectivity index (χ2v) is 10.3. The molecule has 0 spiro atoms. The molecule has 3 N–H and O–H groups in total. The van der Waals surface area contributed by atoms with Gasteiger partial charge in [0.1, 0.15) is 0 Å². The summed E-state index contributed by atoms with van der Waals surface area (Å²) in [6.45, 7) is 6.62. The monoisotopic (exact) mass is 434 g/mol. The van der Waals surface area contributed by atoms with Gasteiger partial charge in [0.05, 0.1) is 32.1 Å². The maximum absolute atomic E-state index is 6.27. The summed E-state index contributed by atoms with van der Waals surface area (Å²) in [6, 6.07) is 0.964. The zero-order valence-corrected chi connectivity index (χ0v) is 19.2. The fourth-order valence-electron chi connectivity index (χ4n) is 6.23. The van der Waals surface area contributed by atoms with Crippen LogP contribution in [0.5, 0.6) is 0 Å². The van der Waals surface area contributed by atoms with E-state index in [9.17, 15) is 0 Å². The fraction of sp³-hybridized carbons (Fsp3) is 0.917. The number of hydrazine groups is 1. The van der Waals surface area contributed by atoms with E-state index in [1.165, 1.54) is 37.7 Å². The van der Waals surface area contributed by atoms with Gasteiger partial charge in [-0.15, -0.1) is 0 Å². The molecule has 4 fully saturated rings. The third kappa shape index (κ3) is 5.69. The predicted octanol–water partition coefficient (Wildman–Crippen LogP) is 2.50. The molecule has 0 aromatic heterocycles. The first-order valence-electron chi connectivity index (χ1n) is 12.8. The topological polar surface area (TPSA) is 67.0 Å². The van der Waals surface area contributed by atoms with Crippen LogP contribution in [0.3, 0.4) is 0 Å². The summed E-state index contributed by atoms with van der Waals surface area (Å²) < 4.78 is 17.6. The van der Waals surface area contributed by atoms with Crippen LogP contribution < -0.4 is 16.1 Å². The Morgan fingerprint density at radius 2 is 2.06 bits per heavy atom.